The molecule has 122 valence electrons. The predicted octanol–water partition coefficient (Wildman–Crippen LogP) is 2.07. The fourth-order valence-electron chi connectivity index (χ4n) is 3.01. The molecule has 1 aliphatic rings. The monoisotopic (exact) mass is 298 g/mol. The Labute approximate surface area is 128 Å². The maximum atomic E-state index is 12.2. The summed E-state index contributed by atoms with van der Waals surface area (Å²) in [6.07, 6.45) is 2.56. The number of carboxylic acids is 1. The van der Waals surface area contributed by atoms with Gasteiger partial charge in [0.15, 0.2) is 0 Å². The molecule has 1 aliphatic heterocycles. The Balaban J connectivity index is 2.31. The highest BCUT2D eigenvalue weighted by molar-refractivity contribution is 5.77. The van der Waals surface area contributed by atoms with Crippen LogP contribution in [0.5, 0.6) is 0 Å². The Morgan fingerprint density at radius 2 is 1.76 bits per heavy atom. The minimum Gasteiger partial charge on any atom is -0.481 e. The third-order valence-electron chi connectivity index (χ3n) is 4.42. The molecule has 1 saturated heterocycles. The second-order valence-electron chi connectivity index (χ2n) is 6.22. The summed E-state index contributed by atoms with van der Waals surface area (Å²) < 4.78 is 0. The highest BCUT2D eigenvalue weighted by atomic mass is 16.4. The molecule has 21 heavy (non-hydrogen) atoms. The molecule has 0 spiro atoms. The van der Waals surface area contributed by atoms with Crippen molar-refractivity contribution in [3.63, 3.8) is 0 Å². The highest BCUT2D eigenvalue weighted by Gasteiger charge is 2.25. The standard InChI is InChI=1S/C16H30N2O3/c1-4-17(5-2)12-14-6-8-18(9-7-14)15(19)10-13(3)11-16(20)21/h13-14H,4-12H2,1-3H3,(H,20,21). The van der Waals surface area contributed by atoms with Crippen molar-refractivity contribution in [2.45, 2.75) is 46.5 Å². The first-order chi connectivity index (χ1) is 9.96. The average molecular weight is 298 g/mol. The van der Waals surface area contributed by atoms with Crippen LogP contribution in [0.4, 0.5) is 0 Å². The molecular weight excluding hydrogens is 268 g/mol. The smallest absolute Gasteiger partial charge is 0.303 e. The number of piperidine rings is 1. The lowest BCUT2D eigenvalue weighted by molar-refractivity contribution is -0.138. The van der Waals surface area contributed by atoms with E-state index >= 15 is 0 Å². The van der Waals surface area contributed by atoms with Gasteiger partial charge in [0.2, 0.25) is 5.91 Å². The summed E-state index contributed by atoms with van der Waals surface area (Å²) in [5.41, 5.74) is 0. The molecule has 0 aromatic rings. The van der Waals surface area contributed by atoms with Crippen molar-refractivity contribution < 1.29 is 14.7 Å². The van der Waals surface area contributed by atoms with Crippen LogP contribution in [-0.4, -0.2) is 59.5 Å². The Morgan fingerprint density at radius 3 is 2.24 bits per heavy atom. The first-order valence-electron chi connectivity index (χ1n) is 8.18. The van der Waals surface area contributed by atoms with Crippen molar-refractivity contribution in [2.24, 2.45) is 11.8 Å². The maximum Gasteiger partial charge on any atom is 0.303 e. The Morgan fingerprint density at radius 1 is 1.19 bits per heavy atom. The van der Waals surface area contributed by atoms with E-state index in [-0.39, 0.29) is 18.2 Å². The second-order valence-corrected chi connectivity index (χ2v) is 6.22. The summed E-state index contributed by atoms with van der Waals surface area (Å²) in [5, 5.41) is 8.74. The third-order valence-corrected chi connectivity index (χ3v) is 4.42. The van der Waals surface area contributed by atoms with Crippen LogP contribution in [-0.2, 0) is 9.59 Å². The molecule has 1 N–H and O–H groups in total. The predicted molar refractivity (Wildman–Crippen MR) is 83.1 cm³/mol. The zero-order valence-corrected chi connectivity index (χ0v) is 13.7. The largest absolute Gasteiger partial charge is 0.481 e. The lowest BCUT2D eigenvalue weighted by Gasteiger charge is -2.34. The zero-order chi connectivity index (χ0) is 15.8. The minimum atomic E-state index is -0.826. The van der Waals surface area contributed by atoms with Crippen LogP contribution in [0.3, 0.4) is 0 Å². The van der Waals surface area contributed by atoms with Crippen LogP contribution in [0.25, 0.3) is 0 Å². The molecule has 1 rings (SSSR count). The maximum absolute atomic E-state index is 12.2. The third kappa shape index (κ3) is 6.46. The van der Waals surface area contributed by atoms with E-state index in [1.54, 1.807) is 0 Å². The van der Waals surface area contributed by atoms with Gasteiger partial charge >= 0.3 is 5.97 Å². The van der Waals surface area contributed by atoms with E-state index in [1.165, 1.54) is 0 Å². The number of nitrogens with zero attached hydrogens (tertiary/aromatic N) is 2. The lowest BCUT2D eigenvalue weighted by Crippen LogP contribution is -2.42. The van der Waals surface area contributed by atoms with Crippen LogP contribution >= 0.6 is 0 Å². The number of hydrogen-bond acceptors (Lipinski definition) is 3. The molecule has 0 saturated carbocycles. The Kier molecular flexibility index (Phi) is 7.72. The molecule has 0 aliphatic carbocycles. The average Bonchev–Trinajstić information content (AvgIpc) is 2.44. The molecule has 1 atom stereocenters. The summed E-state index contributed by atoms with van der Waals surface area (Å²) >= 11 is 0. The number of carbonyl (C=O) groups is 2. The lowest BCUT2D eigenvalue weighted by atomic mass is 9.95. The molecule has 0 radical (unpaired) electrons. The van der Waals surface area contributed by atoms with E-state index in [9.17, 15) is 9.59 Å². The fourth-order valence-corrected chi connectivity index (χ4v) is 3.01. The first kappa shape index (κ1) is 18.0. The molecule has 1 amide bonds. The van der Waals surface area contributed by atoms with Gasteiger partial charge in [-0.05, 0) is 37.8 Å². The molecular formula is C16H30N2O3. The number of aliphatic carboxylic acids is 1. The minimum absolute atomic E-state index is 0.0736. The Bertz CT molecular complexity index is 334. The van der Waals surface area contributed by atoms with Crippen molar-refractivity contribution in [1.82, 2.24) is 9.80 Å². The van der Waals surface area contributed by atoms with Gasteiger partial charge in [-0.1, -0.05) is 20.8 Å². The van der Waals surface area contributed by atoms with E-state index in [0.717, 1.165) is 45.6 Å². The number of amides is 1. The van der Waals surface area contributed by atoms with Crippen molar-refractivity contribution in [2.75, 3.05) is 32.7 Å². The normalized spacial score (nSPS) is 18.0. The zero-order valence-electron chi connectivity index (χ0n) is 13.7. The van der Waals surface area contributed by atoms with Crippen LogP contribution in [0.2, 0.25) is 0 Å². The quantitative estimate of drug-likeness (QED) is 0.745. The second kappa shape index (κ2) is 9.03. The highest BCUT2D eigenvalue weighted by Crippen LogP contribution is 2.20. The molecule has 1 unspecified atom stereocenters. The molecule has 0 bridgehead atoms. The van der Waals surface area contributed by atoms with Gasteiger partial charge in [0, 0.05) is 32.5 Å². The van der Waals surface area contributed by atoms with Gasteiger partial charge < -0.3 is 14.9 Å². The molecule has 0 aromatic heterocycles. The number of carbonyl (C=O) groups excluding carboxylic acids is 1. The number of likely N-dealkylation sites (tertiary alicyclic amines) is 1. The summed E-state index contributed by atoms with van der Waals surface area (Å²) in [6, 6.07) is 0. The van der Waals surface area contributed by atoms with Gasteiger partial charge in [-0.3, -0.25) is 9.59 Å². The van der Waals surface area contributed by atoms with Crippen LogP contribution in [0, 0.1) is 11.8 Å². The SMILES string of the molecule is CCN(CC)CC1CCN(C(=O)CC(C)CC(=O)O)CC1. The van der Waals surface area contributed by atoms with Crippen molar-refractivity contribution in [3.8, 4) is 0 Å². The molecule has 5 nitrogen and oxygen atoms in total. The van der Waals surface area contributed by atoms with Crippen LogP contribution < -0.4 is 0 Å². The number of carboxylic acid groups (broad SMARTS) is 1. The molecule has 1 fully saturated rings. The van der Waals surface area contributed by atoms with Crippen LogP contribution in [0.1, 0.15) is 46.5 Å². The van der Waals surface area contributed by atoms with E-state index in [4.69, 9.17) is 5.11 Å². The number of rotatable bonds is 8. The first-order valence-corrected chi connectivity index (χ1v) is 8.18. The summed E-state index contributed by atoms with van der Waals surface area (Å²) in [7, 11) is 0. The fraction of sp³-hybridized carbons (Fsp3) is 0.875. The number of hydrogen-bond donors (Lipinski definition) is 1. The molecule has 1 heterocycles. The van der Waals surface area contributed by atoms with E-state index in [0.29, 0.717) is 12.3 Å². The van der Waals surface area contributed by atoms with E-state index < -0.39 is 5.97 Å². The van der Waals surface area contributed by atoms with Crippen molar-refractivity contribution in [1.29, 1.82) is 0 Å². The van der Waals surface area contributed by atoms with Crippen molar-refractivity contribution >= 4 is 11.9 Å². The molecule has 5 heteroatoms. The van der Waals surface area contributed by atoms with Gasteiger partial charge in [0.1, 0.15) is 0 Å². The Hall–Kier alpha value is -1.10. The van der Waals surface area contributed by atoms with Gasteiger partial charge in [-0.15, -0.1) is 0 Å². The van der Waals surface area contributed by atoms with Crippen LogP contribution in [0.15, 0.2) is 0 Å². The van der Waals surface area contributed by atoms with Gasteiger partial charge in [-0.25, -0.2) is 0 Å². The summed E-state index contributed by atoms with van der Waals surface area (Å²) in [6.45, 7) is 11.2. The topological polar surface area (TPSA) is 60.9 Å². The van der Waals surface area contributed by atoms with Gasteiger partial charge in [-0.2, -0.15) is 0 Å². The molecule has 0 aromatic carbocycles. The van der Waals surface area contributed by atoms with E-state index in [1.807, 2.05) is 11.8 Å². The van der Waals surface area contributed by atoms with Gasteiger partial charge in [0.25, 0.3) is 0 Å². The summed E-state index contributed by atoms with van der Waals surface area (Å²) in [4.78, 5) is 27.1. The van der Waals surface area contributed by atoms with E-state index in [2.05, 4.69) is 18.7 Å². The summed E-state index contributed by atoms with van der Waals surface area (Å²) in [5.74, 6) is -0.105. The van der Waals surface area contributed by atoms with Crippen molar-refractivity contribution in [3.05, 3.63) is 0 Å². The van der Waals surface area contributed by atoms with Gasteiger partial charge in [0.05, 0.1) is 0 Å².